The molecule has 0 aromatic heterocycles. The Morgan fingerprint density at radius 1 is 1.07 bits per heavy atom. The van der Waals surface area contributed by atoms with Crippen LogP contribution in [0.25, 0.3) is 6.08 Å². The first-order valence-corrected chi connectivity index (χ1v) is 9.20. The molecule has 1 aliphatic heterocycles. The van der Waals surface area contributed by atoms with Gasteiger partial charge in [-0.1, -0.05) is 48.6 Å². The van der Waals surface area contributed by atoms with E-state index in [0.717, 1.165) is 38.4 Å². The van der Waals surface area contributed by atoms with Crippen molar-refractivity contribution >= 4 is 17.7 Å². The second kappa shape index (κ2) is 9.56. The minimum absolute atomic E-state index is 0.0943. The van der Waals surface area contributed by atoms with Gasteiger partial charge >= 0.3 is 0 Å². The van der Waals surface area contributed by atoms with E-state index in [4.69, 9.17) is 5.26 Å². The Hall–Kier alpha value is -3.10. The lowest BCUT2D eigenvalue weighted by molar-refractivity contribution is -0.130. The molecule has 0 atom stereocenters. The number of piperazine rings is 1. The SMILES string of the molecule is N#Cc1cccc(NCC(=O)N2CCN(C/C=C/c3ccccc3)CC2)c1. The first kappa shape index (κ1) is 18.7. The van der Waals surface area contributed by atoms with E-state index in [9.17, 15) is 4.79 Å². The molecular weight excluding hydrogens is 336 g/mol. The predicted octanol–water partition coefficient (Wildman–Crippen LogP) is 2.83. The average Bonchev–Trinajstić information content (AvgIpc) is 2.73. The quantitative estimate of drug-likeness (QED) is 0.861. The van der Waals surface area contributed by atoms with Crippen LogP contribution in [0, 0.1) is 11.3 Å². The van der Waals surface area contributed by atoms with Gasteiger partial charge in [0.25, 0.3) is 0 Å². The highest BCUT2D eigenvalue weighted by Gasteiger charge is 2.20. The fourth-order valence-corrected chi connectivity index (χ4v) is 3.07. The van der Waals surface area contributed by atoms with Gasteiger partial charge in [-0.3, -0.25) is 9.69 Å². The smallest absolute Gasteiger partial charge is 0.241 e. The lowest BCUT2D eigenvalue weighted by Crippen LogP contribution is -2.50. The number of anilines is 1. The van der Waals surface area contributed by atoms with Crippen molar-refractivity contribution in [2.45, 2.75) is 0 Å². The predicted molar refractivity (Wildman–Crippen MR) is 108 cm³/mol. The summed E-state index contributed by atoms with van der Waals surface area (Å²) in [6.45, 7) is 4.42. The van der Waals surface area contributed by atoms with E-state index in [-0.39, 0.29) is 12.5 Å². The maximum absolute atomic E-state index is 12.4. The van der Waals surface area contributed by atoms with Gasteiger partial charge in [0, 0.05) is 38.4 Å². The Morgan fingerprint density at radius 2 is 1.85 bits per heavy atom. The van der Waals surface area contributed by atoms with Crippen LogP contribution in [0.3, 0.4) is 0 Å². The Labute approximate surface area is 160 Å². The zero-order valence-corrected chi connectivity index (χ0v) is 15.3. The van der Waals surface area contributed by atoms with E-state index >= 15 is 0 Å². The van der Waals surface area contributed by atoms with E-state index < -0.39 is 0 Å². The summed E-state index contributed by atoms with van der Waals surface area (Å²) >= 11 is 0. The van der Waals surface area contributed by atoms with Crippen molar-refractivity contribution in [2.75, 3.05) is 44.6 Å². The van der Waals surface area contributed by atoms with Crippen LogP contribution in [0.15, 0.2) is 60.7 Å². The van der Waals surface area contributed by atoms with Crippen LogP contribution in [0.1, 0.15) is 11.1 Å². The standard InChI is InChI=1S/C22H24N4O/c23-17-20-8-4-10-21(16-20)24-18-22(27)26-14-12-25(13-15-26)11-5-9-19-6-2-1-3-7-19/h1-10,16,24H,11-15,18H2/b9-5+. The molecule has 1 aliphatic rings. The summed E-state index contributed by atoms with van der Waals surface area (Å²) in [5, 5.41) is 12.0. The van der Waals surface area contributed by atoms with Gasteiger partial charge in [0.05, 0.1) is 18.2 Å². The van der Waals surface area contributed by atoms with Crippen LogP contribution in [0.2, 0.25) is 0 Å². The Balaban J connectivity index is 1.40. The van der Waals surface area contributed by atoms with E-state index in [1.807, 2.05) is 35.2 Å². The first-order chi connectivity index (χ1) is 13.2. The van der Waals surface area contributed by atoms with Gasteiger partial charge in [0.2, 0.25) is 5.91 Å². The molecule has 0 spiro atoms. The highest BCUT2D eigenvalue weighted by molar-refractivity contribution is 5.81. The summed E-state index contributed by atoms with van der Waals surface area (Å²) in [4.78, 5) is 16.7. The van der Waals surface area contributed by atoms with Gasteiger partial charge in [0.1, 0.15) is 0 Å². The van der Waals surface area contributed by atoms with Gasteiger partial charge < -0.3 is 10.2 Å². The highest BCUT2D eigenvalue weighted by Crippen LogP contribution is 2.10. The van der Waals surface area contributed by atoms with Crippen LogP contribution in [-0.2, 0) is 4.79 Å². The summed E-state index contributed by atoms with van der Waals surface area (Å²) in [7, 11) is 0. The summed E-state index contributed by atoms with van der Waals surface area (Å²) in [5.41, 5.74) is 2.59. The number of hydrogen-bond acceptors (Lipinski definition) is 4. The highest BCUT2D eigenvalue weighted by atomic mass is 16.2. The zero-order valence-electron chi connectivity index (χ0n) is 15.3. The first-order valence-electron chi connectivity index (χ1n) is 9.20. The van der Waals surface area contributed by atoms with Crippen molar-refractivity contribution in [3.8, 4) is 6.07 Å². The molecule has 2 aromatic carbocycles. The van der Waals surface area contributed by atoms with E-state index in [0.29, 0.717) is 5.56 Å². The number of hydrogen-bond donors (Lipinski definition) is 1. The maximum Gasteiger partial charge on any atom is 0.241 e. The van der Waals surface area contributed by atoms with Gasteiger partial charge in [-0.05, 0) is 23.8 Å². The van der Waals surface area contributed by atoms with Gasteiger partial charge in [-0.2, -0.15) is 5.26 Å². The second-order valence-corrected chi connectivity index (χ2v) is 6.54. The third-order valence-corrected chi connectivity index (χ3v) is 4.63. The van der Waals surface area contributed by atoms with Crippen LogP contribution >= 0.6 is 0 Å². The molecule has 0 bridgehead atoms. The topological polar surface area (TPSA) is 59.4 Å². The normalized spacial score (nSPS) is 14.9. The van der Waals surface area contributed by atoms with E-state index in [2.05, 4.69) is 40.6 Å². The number of carbonyl (C=O) groups is 1. The molecule has 138 valence electrons. The summed E-state index contributed by atoms with van der Waals surface area (Å²) in [5.74, 6) is 0.0943. The number of nitrogens with zero attached hydrogens (tertiary/aromatic N) is 3. The summed E-state index contributed by atoms with van der Waals surface area (Å²) in [6, 6.07) is 19.6. The molecule has 1 fully saturated rings. The monoisotopic (exact) mass is 360 g/mol. The van der Waals surface area contributed by atoms with Crippen LogP contribution in [0.4, 0.5) is 5.69 Å². The third-order valence-electron chi connectivity index (χ3n) is 4.63. The molecule has 2 aromatic rings. The minimum Gasteiger partial charge on any atom is -0.376 e. The van der Waals surface area contributed by atoms with Gasteiger partial charge in [-0.25, -0.2) is 0 Å². The number of carbonyl (C=O) groups excluding carboxylic acids is 1. The Morgan fingerprint density at radius 3 is 2.59 bits per heavy atom. The average molecular weight is 360 g/mol. The molecule has 5 nitrogen and oxygen atoms in total. The molecule has 3 rings (SSSR count). The number of benzene rings is 2. The second-order valence-electron chi connectivity index (χ2n) is 6.54. The molecule has 0 unspecified atom stereocenters. The van der Waals surface area contributed by atoms with Crippen LogP contribution in [-0.4, -0.2) is 55.0 Å². The van der Waals surface area contributed by atoms with Gasteiger partial charge in [-0.15, -0.1) is 0 Å². The molecule has 0 aliphatic carbocycles. The molecule has 1 N–H and O–H groups in total. The van der Waals surface area contributed by atoms with Crippen LogP contribution < -0.4 is 5.32 Å². The summed E-state index contributed by atoms with van der Waals surface area (Å²) < 4.78 is 0. The van der Waals surface area contributed by atoms with Crippen molar-refractivity contribution in [1.82, 2.24) is 9.80 Å². The van der Waals surface area contributed by atoms with Crippen molar-refractivity contribution in [1.29, 1.82) is 5.26 Å². The number of amides is 1. The lowest BCUT2D eigenvalue weighted by atomic mass is 10.2. The largest absolute Gasteiger partial charge is 0.376 e. The maximum atomic E-state index is 12.4. The molecule has 1 heterocycles. The molecule has 0 radical (unpaired) electrons. The molecule has 1 saturated heterocycles. The van der Waals surface area contributed by atoms with Crippen molar-refractivity contribution in [3.05, 3.63) is 71.8 Å². The van der Waals surface area contributed by atoms with Crippen molar-refractivity contribution < 1.29 is 4.79 Å². The third kappa shape index (κ3) is 5.70. The fraction of sp³-hybridized carbons (Fsp3) is 0.273. The van der Waals surface area contributed by atoms with E-state index in [1.165, 1.54) is 5.56 Å². The number of rotatable bonds is 6. The van der Waals surface area contributed by atoms with Crippen molar-refractivity contribution in [3.63, 3.8) is 0 Å². The lowest BCUT2D eigenvalue weighted by Gasteiger charge is -2.34. The van der Waals surface area contributed by atoms with Crippen LogP contribution in [0.5, 0.6) is 0 Å². The van der Waals surface area contributed by atoms with Crippen molar-refractivity contribution in [2.24, 2.45) is 0 Å². The Bertz CT molecular complexity index is 818. The number of nitrogens with one attached hydrogen (secondary N) is 1. The molecule has 27 heavy (non-hydrogen) atoms. The fourth-order valence-electron chi connectivity index (χ4n) is 3.07. The van der Waals surface area contributed by atoms with E-state index in [1.54, 1.807) is 12.1 Å². The zero-order chi connectivity index (χ0) is 18.9. The molecule has 1 amide bonds. The Kier molecular flexibility index (Phi) is 6.61. The number of nitriles is 1. The molecule has 5 heteroatoms. The summed E-state index contributed by atoms with van der Waals surface area (Å²) in [6.07, 6.45) is 4.31. The molecular formula is C22H24N4O. The van der Waals surface area contributed by atoms with Gasteiger partial charge in [0.15, 0.2) is 0 Å². The molecule has 0 saturated carbocycles. The minimum atomic E-state index is 0.0943.